The zero-order chi connectivity index (χ0) is 31.3. The van der Waals surface area contributed by atoms with Crippen molar-refractivity contribution in [1.82, 2.24) is 10.2 Å². The van der Waals surface area contributed by atoms with E-state index in [9.17, 15) is 9.36 Å². The van der Waals surface area contributed by atoms with Gasteiger partial charge in [-0.05, 0) is 65.8 Å². The van der Waals surface area contributed by atoms with Gasteiger partial charge in [0.25, 0.3) is 0 Å². The number of methoxy groups -OCH3 is 4. The van der Waals surface area contributed by atoms with E-state index in [4.69, 9.17) is 32.5 Å². The summed E-state index contributed by atoms with van der Waals surface area (Å²) in [6.45, 7) is 10.6. The van der Waals surface area contributed by atoms with Crippen LogP contribution in [0.4, 0.5) is 0 Å². The number of fused-ring (bicyclic) bond motifs is 1. The Bertz CT molecular complexity index is 1490. The second kappa shape index (κ2) is 13.2. The summed E-state index contributed by atoms with van der Waals surface area (Å²) >= 11 is 0. The summed E-state index contributed by atoms with van der Waals surface area (Å²) in [5, 5.41) is 7.77. The number of nitrogens with one attached hydrogen (secondary N) is 1. The Morgan fingerprint density at radius 3 is 1.95 bits per heavy atom. The first-order valence-electron chi connectivity index (χ1n) is 13.2. The molecule has 0 fully saturated rings. The Morgan fingerprint density at radius 2 is 1.45 bits per heavy atom. The van der Waals surface area contributed by atoms with E-state index < -0.39 is 19.0 Å². The van der Waals surface area contributed by atoms with E-state index in [0.29, 0.717) is 45.0 Å². The van der Waals surface area contributed by atoms with Crippen molar-refractivity contribution >= 4 is 24.5 Å². The number of ether oxygens (including phenoxy) is 4. The van der Waals surface area contributed by atoms with Crippen LogP contribution in [-0.2, 0) is 18.1 Å². The van der Waals surface area contributed by atoms with Gasteiger partial charge in [-0.2, -0.15) is 5.10 Å². The minimum Gasteiger partial charge on any atom is -0.495 e. The van der Waals surface area contributed by atoms with Crippen LogP contribution in [0.2, 0.25) is 0 Å². The van der Waals surface area contributed by atoms with Gasteiger partial charge in [0.15, 0.2) is 11.5 Å². The third-order valence-electron chi connectivity index (χ3n) is 5.52. The van der Waals surface area contributed by atoms with Gasteiger partial charge < -0.3 is 18.9 Å². The van der Waals surface area contributed by atoms with Crippen LogP contribution in [0.5, 0.6) is 23.0 Å². The average Bonchev–Trinajstić information content (AvgIpc) is 3.33. The van der Waals surface area contributed by atoms with Gasteiger partial charge in [-0.25, -0.2) is 4.57 Å². The molecule has 0 saturated carbocycles. The molecular weight excluding hydrogens is 563 g/mol. The predicted molar refractivity (Wildman–Crippen MR) is 159 cm³/mol. The van der Waals surface area contributed by atoms with Gasteiger partial charge in [0.2, 0.25) is 11.5 Å². The van der Waals surface area contributed by atoms with Crippen molar-refractivity contribution in [3.05, 3.63) is 41.1 Å². The molecule has 0 radical (unpaired) electrons. The number of phosphoric ester groups is 1. The number of hydrogen-bond acceptors (Lipinski definition) is 10. The highest BCUT2D eigenvalue weighted by atomic mass is 31.2. The zero-order valence-corrected chi connectivity index (χ0v) is 26.7. The van der Waals surface area contributed by atoms with E-state index in [1.165, 1.54) is 28.4 Å². The third-order valence-corrected chi connectivity index (χ3v) is 7.57. The largest absolute Gasteiger partial charge is 0.495 e. The zero-order valence-electron chi connectivity index (χ0n) is 25.8. The number of benzene rings is 2. The smallest absolute Gasteiger partial charge is 0.475 e. The lowest BCUT2D eigenvalue weighted by atomic mass is 10.0. The Balaban J connectivity index is 1.90. The van der Waals surface area contributed by atoms with Crippen LogP contribution in [-0.4, -0.2) is 62.2 Å². The molecular formula is C30H39N2O9P. The maximum atomic E-state index is 13.6. The minimum atomic E-state index is -3.86. The Labute approximate surface area is 246 Å². The summed E-state index contributed by atoms with van der Waals surface area (Å²) in [6.07, 6.45) is 0.214. The first kappa shape index (κ1) is 33.0. The molecule has 3 rings (SSSR count). The second-order valence-electron chi connectivity index (χ2n) is 11.1. The number of carbonyl (C=O) groups excluding carboxylic acids is 1. The quantitative estimate of drug-likeness (QED) is 0.115. The minimum absolute atomic E-state index is 0.000165. The van der Waals surface area contributed by atoms with E-state index in [1.807, 2.05) is 0 Å². The number of hydrogen-bond donors (Lipinski definition) is 1. The number of nitrogens with zero attached hydrogens (tertiary/aromatic N) is 1. The molecule has 1 heterocycles. The molecule has 12 heteroatoms. The van der Waals surface area contributed by atoms with Crippen LogP contribution in [0, 0.1) is 11.8 Å². The standard InChI is InChI=1S/C30H39N2O9P/c1-29(2,3)40-42(34,41-30(4,5)6)39-16-12-11-13-20-22(35-7)15-14-21-25(20)31-32-26(21)27(33)19-17-23(36-8)28(38-10)24(18-19)37-9/h14-15,17-18H,12,16H2,1-10H3,(H,31,32). The fourth-order valence-electron chi connectivity index (χ4n) is 3.98. The average molecular weight is 603 g/mol. The van der Waals surface area contributed by atoms with Crippen molar-refractivity contribution in [2.75, 3.05) is 35.0 Å². The molecule has 2 aromatic carbocycles. The lowest BCUT2D eigenvalue weighted by Crippen LogP contribution is -2.24. The van der Waals surface area contributed by atoms with Gasteiger partial charge in [0.1, 0.15) is 17.0 Å². The van der Waals surface area contributed by atoms with Crippen LogP contribution in [0.15, 0.2) is 24.3 Å². The maximum Gasteiger partial charge on any atom is 0.475 e. The summed E-state index contributed by atoms with van der Waals surface area (Å²) < 4.78 is 51.8. The summed E-state index contributed by atoms with van der Waals surface area (Å²) in [5.41, 5.74) is 0.0220. The predicted octanol–water partition coefficient (Wildman–Crippen LogP) is 6.32. The molecule has 3 aromatic rings. The molecule has 0 saturated heterocycles. The van der Waals surface area contributed by atoms with Gasteiger partial charge in [-0.3, -0.25) is 23.5 Å². The number of rotatable bonds is 11. The third kappa shape index (κ3) is 8.05. The summed E-state index contributed by atoms with van der Waals surface area (Å²) in [7, 11) is 2.11. The highest BCUT2D eigenvalue weighted by Gasteiger charge is 2.37. The molecule has 0 amide bonds. The highest BCUT2D eigenvalue weighted by Crippen LogP contribution is 2.55. The maximum absolute atomic E-state index is 13.6. The molecule has 0 bridgehead atoms. The van der Waals surface area contributed by atoms with Crippen LogP contribution in [0.1, 0.15) is 69.6 Å². The van der Waals surface area contributed by atoms with E-state index in [2.05, 4.69) is 22.0 Å². The first-order chi connectivity index (χ1) is 19.6. The SMILES string of the molecule is COc1cc(C(=O)c2[nH]nc3c(C#CCCOP(=O)(OC(C)(C)C)OC(C)(C)C)c(OC)ccc23)cc(OC)c1OC. The molecule has 42 heavy (non-hydrogen) atoms. The second-order valence-corrected chi connectivity index (χ2v) is 12.6. The number of aromatic amines is 1. The van der Waals surface area contributed by atoms with Crippen LogP contribution in [0.25, 0.3) is 10.9 Å². The van der Waals surface area contributed by atoms with Gasteiger partial charge in [-0.1, -0.05) is 11.8 Å². The van der Waals surface area contributed by atoms with Crippen molar-refractivity contribution in [2.45, 2.75) is 59.2 Å². The Kier molecular flexibility index (Phi) is 10.3. The van der Waals surface area contributed by atoms with Crippen LogP contribution >= 0.6 is 7.82 Å². The van der Waals surface area contributed by atoms with Crippen molar-refractivity contribution in [3.8, 4) is 34.8 Å². The number of aromatic nitrogens is 2. The summed E-state index contributed by atoms with van der Waals surface area (Å²) in [5.74, 6) is 7.29. The molecule has 0 atom stereocenters. The Morgan fingerprint density at radius 1 is 0.881 bits per heavy atom. The molecule has 0 aliphatic carbocycles. The van der Waals surface area contributed by atoms with Crippen molar-refractivity contribution < 1.29 is 41.9 Å². The molecule has 0 aliphatic heterocycles. The lowest BCUT2D eigenvalue weighted by molar-refractivity contribution is 0.00405. The van der Waals surface area contributed by atoms with Gasteiger partial charge >= 0.3 is 7.82 Å². The molecule has 1 aromatic heterocycles. The van der Waals surface area contributed by atoms with Crippen molar-refractivity contribution in [2.24, 2.45) is 0 Å². The van der Waals surface area contributed by atoms with E-state index >= 15 is 0 Å². The number of phosphoric acid groups is 1. The number of H-pyrrole nitrogens is 1. The van der Waals surface area contributed by atoms with Gasteiger partial charge in [0, 0.05) is 17.4 Å². The van der Waals surface area contributed by atoms with Crippen molar-refractivity contribution in [1.29, 1.82) is 0 Å². The molecule has 11 nitrogen and oxygen atoms in total. The van der Waals surface area contributed by atoms with Crippen LogP contribution < -0.4 is 18.9 Å². The molecule has 228 valence electrons. The van der Waals surface area contributed by atoms with Crippen molar-refractivity contribution in [3.63, 3.8) is 0 Å². The Hall–Kier alpha value is -3.55. The van der Waals surface area contributed by atoms with E-state index in [-0.39, 0.29) is 24.5 Å². The lowest BCUT2D eigenvalue weighted by Gasteiger charge is -2.30. The highest BCUT2D eigenvalue weighted by molar-refractivity contribution is 7.48. The molecule has 0 aliphatic rings. The van der Waals surface area contributed by atoms with E-state index in [1.54, 1.807) is 65.8 Å². The number of carbonyl (C=O) groups is 1. The fourth-order valence-corrected chi connectivity index (χ4v) is 5.78. The van der Waals surface area contributed by atoms with Gasteiger partial charge in [0.05, 0.1) is 51.8 Å². The summed E-state index contributed by atoms with van der Waals surface area (Å²) in [4.78, 5) is 13.6. The van der Waals surface area contributed by atoms with Crippen LogP contribution in [0.3, 0.4) is 0 Å². The molecule has 0 unspecified atom stereocenters. The monoisotopic (exact) mass is 602 g/mol. The summed E-state index contributed by atoms with van der Waals surface area (Å²) in [6, 6.07) is 6.60. The molecule has 1 N–H and O–H groups in total. The van der Waals surface area contributed by atoms with E-state index in [0.717, 1.165) is 0 Å². The molecule has 0 spiro atoms. The number of ketones is 1. The first-order valence-corrected chi connectivity index (χ1v) is 14.7. The van der Waals surface area contributed by atoms with Gasteiger partial charge in [-0.15, -0.1) is 0 Å². The normalized spacial score (nSPS) is 12.0. The topological polar surface area (TPSA) is 127 Å². The fraction of sp³-hybridized carbons (Fsp3) is 0.467.